The van der Waals surface area contributed by atoms with Gasteiger partial charge < -0.3 is 9.84 Å². The first-order chi connectivity index (χ1) is 9.28. The van der Waals surface area contributed by atoms with Crippen molar-refractivity contribution >= 4 is 10.8 Å². The van der Waals surface area contributed by atoms with Crippen molar-refractivity contribution in [2.24, 2.45) is 0 Å². The minimum absolute atomic E-state index is 0.134. The first kappa shape index (κ1) is 12.5. The highest BCUT2D eigenvalue weighted by atomic mass is 16.5. The summed E-state index contributed by atoms with van der Waals surface area (Å²) in [6.07, 6.45) is -0.537. The van der Waals surface area contributed by atoms with Crippen LogP contribution in [-0.2, 0) is 0 Å². The highest BCUT2D eigenvalue weighted by molar-refractivity contribution is 5.88. The van der Waals surface area contributed by atoms with Gasteiger partial charge in [0.2, 0.25) is 0 Å². The molecule has 1 aliphatic heterocycles. The van der Waals surface area contributed by atoms with E-state index in [0.717, 1.165) is 24.2 Å². The molecule has 2 aromatic rings. The van der Waals surface area contributed by atoms with E-state index in [4.69, 9.17) is 4.74 Å². The van der Waals surface area contributed by atoms with Crippen LogP contribution < -0.4 is 4.74 Å². The number of likely N-dealkylation sites (tertiary alicyclic amines) is 1. The molecule has 1 N–H and O–H groups in total. The van der Waals surface area contributed by atoms with E-state index >= 15 is 0 Å². The SMILES string of the molecule is CCN1CC(O)C(Oc2cccc3ccccc23)C1. The van der Waals surface area contributed by atoms with Crippen molar-refractivity contribution in [2.75, 3.05) is 19.6 Å². The molecule has 0 amide bonds. The van der Waals surface area contributed by atoms with Gasteiger partial charge in [0.05, 0.1) is 0 Å². The number of ether oxygens (including phenoxy) is 1. The Balaban J connectivity index is 1.86. The molecule has 3 heteroatoms. The smallest absolute Gasteiger partial charge is 0.138 e. The Hall–Kier alpha value is -1.58. The zero-order valence-corrected chi connectivity index (χ0v) is 11.1. The fraction of sp³-hybridized carbons (Fsp3) is 0.375. The summed E-state index contributed by atoms with van der Waals surface area (Å²) in [5, 5.41) is 12.3. The average Bonchev–Trinajstić information content (AvgIpc) is 2.80. The minimum Gasteiger partial charge on any atom is -0.486 e. The number of β-amino-alcohol motifs (C(OH)–C–C–N with tert-alkyl or cyclic N) is 1. The zero-order valence-electron chi connectivity index (χ0n) is 11.1. The van der Waals surface area contributed by atoms with Gasteiger partial charge >= 0.3 is 0 Å². The van der Waals surface area contributed by atoms with Gasteiger partial charge in [-0.1, -0.05) is 43.3 Å². The third-order valence-electron chi connectivity index (χ3n) is 3.79. The van der Waals surface area contributed by atoms with Crippen molar-refractivity contribution < 1.29 is 9.84 Å². The molecule has 3 nitrogen and oxygen atoms in total. The van der Waals surface area contributed by atoms with Crippen molar-refractivity contribution in [1.29, 1.82) is 0 Å². The van der Waals surface area contributed by atoms with Crippen LogP contribution in [0.2, 0.25) is 0 Å². The lowest BCUT2D eigenvalue weighted by Gasteiger charge is -2.18. The second-order valence-electron chi connectivity index (χ2n) is 5.05. The minimum atomic E-state index is -0.404. The van der Waals surface area contributed by atoms with Crippen LogP contribution in [0.1, 0.15) is 6.92 Å². The van der Waals surface area contributed by atoms with Crippen LogP contribution in [0, 0.1) is 0 Å². The number of fused-ring (bicyclic) bond motifs is 1. The number of aliphatic hydroxyl groups excluding tert-OH is 1. The van der Waals surface area contributed by atoms with Crippen LogP contribution in [-0.4, -0.2) is 41.8 Å². The fourth-order valence-corrected chi connectivity index (χ4v) is 2.67. The predicted molar refractivity (Wildman–Crippen MR) is 76.5 cm³/mol. The average molecular weight is 257 g/mol. The molecule has 0 aromatic heterocycles. The molecule has 0 bridgehead atoms. The third kappa shape index (κ3) is 2.44. The number of aliphatic hydroxyl groups is 1. The van der Waals surface area contributed by atoms with Gasteiger partial charge in [-0.2, -0.15) is 0 Å². The Kier molecular flexibility index (Phi) is 3.40. The molecule has 1 heterocycles. The lowest BCUT2D eigenvalue weighted by molar-refractivity contribution is 0.0747. The molecule has 0 radical (unpaired) electrons. The molecule has 100 valence electrons. The van der Waals surface area contributed by atoms with Gasteiger partial charge in [0, 0.05) is 18.5 Å². The highest BCUT2D eigenvalue weighted by Crippen LogP contribution is 2.27. The van der Waals surface area contributed by atoms with Crippen LogP contribution in [0.4, 0.5) is 0 Å². The summed E-state index contributed by atoms with van der Waals surface area (Å²) < 4.78 is 6.04. The number of rotatable bonds is 3. The Morgan fingerprint density at radius 2 is 1.95 bits per heavy atom. The lowest BCUT2D eigenvalue weighted by atomic mass is 10.1. The van der Waals surface area contributed by atoms with Crippen molar-refractivity contribution in [1.82, 2.24) is 4.90 Å². The van der Waals surface area contributed by atoms with Crippen molar-refractivity contribution in [3.05, 3.63) is 42.5 Å². The molecule has 1 fully saturated rings. The maximum Gasteiger partial charge on any atom is 0.138 e. The lowest BCUT2D eigenvalue weighted by Crippen LogP contribution is -2.30. The Morgan fingerprint density at radius 3 is 2.74 bits per heavy atom. The van der Waals surface area contributed by atoms with Crippen LogP contribution >= 0.6 is 0 Å². The molecule has 2 atom stereocenters. The maximum absolute atomic E-state index is 10.1. The van der Waals surface area contributed by atoms with E-state index in [2.05, 4.69) is 30.0 Å². The van der Waals surface area contributed by atoms with Crippen LogP contribution in [0.3, 0.4) is 0 Å². The number of hydrogen-bond acceptors (Lipinski definition) is 3. The second-order valence-corrected chi connectivity index (χ2v) is 5.05. The largest absolute Gasteiger partial charge is 0.486 e. The number of benzene rings is 2. The first-order valence-electron chi connectivity index (χ1n) is 6.83. The van der Waals surface area contributed by atoms with E-state index in [-0.39, 0.29) is 6.10 Å². The Bertz CT molecular complexity index is 564. The Labute approximate surface area is 113 Å². The molecule has 3 rings (SSSR count). The van der Waals surface area contributed by atoms with E-state index in [9.17, 15) is 5.11 Å². The van der Waals surface area contributed by atoms with Gasteiger partial charge in [-0.25, -0.2) is 0 Å². The van der Waals surface area contributed by atoms with E-state index in [1.165, 1.54) is 5.39 Å². The van der Waals surface area contributed by atoms with Gasteiger partial charge in [-0.05, 0) is 18.0 Å². The summed E-state index contributed by atoms with van der Waals surface area (Å²) in [4.78, 5) is 2.21. The third-order valence-corrected chi connectivity index (χ3v) is 3.79. The molecule has 0 saturated carbocycles. The molecule has 2 unspecified atom stereocenters. The standard InChI is InChI=1S/C16H19NO2/c1-2-17-10-14(18)16(11-17)19-15-9-5-7-12-6-3-4-8-13(12)15/h3-9,14,16,18H,2,10-11H2,1H3. The molecule has 1 saturated heterocycles. The molecule has 0 aliphatic carbocycles. The van der Waals surface area contributed by atoms with Gasteiger partial charge in [0.1, 0.15) is 18.0 Å². The predicted octanol–water partition coefficient (Wildman–Crippen LogP) is 2.28. The quantitative estimate of drug-likeness (QED) is 0.915. The summed E-state index contributed by atoms with van der Waals surface area (Å²) in [7, 11) is 0. The summed E-state index contributed by atoms with van der Waals surface area (Å²) in [6.45, 7) is 4.55. The normalized spacial score (nSPS) is 23.9. The second kappa shape index (κ2) is 5.19. The highest BCUT2D eigenvalue weighted by Gasteiger charge is 2.32. The van der Waals surface area contributed by atoms with E-state index < -0.39 is 6.10 Å². The Morgan fingerprint density at radius 1 is 1.16 bits per heavy atom. The topological polar surface area (TPSA) is 32.7 Å². The molecule has 2 aromatic carbocycles. The number of likely N-dealkylation sites (N-methyl/N-ethyl adjacent to an activating group) is 1. The first-order valence-corrected chi connectivity index (χ1v) is 6.83. The van der Waals surface area contributed by atoms with Crippen LogP contribution in [0.15, 0.2) is 42.5 Å². The number of nitrogens with zero attached hydrogens (tertiary/aromatic N) is 1. The molecular formula is C16H19NO2. The van der Waals surface area contributed by atoms with Crippen molar-refractivity contribution in [3.8, 4) is 5.75 Å². The molecule has 1 aliphatic rings. The molecule has 0 spiro atoms. The fourth-order valence-electron chi connectivity index (χ4n) is 2.67. The molecular weight excluding hydrogens is 238 g/mol. The van der Waals surface area contributed by atoms with Crippen LogP contribution in [0.5, 0.6) is 5.75 Å². The van der Waals surface area contributed by atoms with E-state index in [1.54, 1.807) is 0 Å². The summed E-state index contributed by atoms with van der Waals surface area (Å²) >= 11 is 0. The monoisotopic (exact) mass is 257 g/mol. The van der Waals surface area contributed by atoms with Crippen molar-refractivity contribution in [3.63, 3.8) is 0 Å². The summed E-state index contributed by atoms with van der Waals surface area (Å²) in [5.41, 5.74) is 0. The van der Waals surface area contributed by atoms with Crippen molar-refractivity contribution in [2.45, 2.75) is 19.1 Å². The summed E-state index contributed by atoms with van der Waals surface area (Å²) in [5.74, 6) is 0.861. The van der Waals surface area contributed by atoms with Gasteiger partial charge in [-0.15, -0.1) is 0 Å². The van der Waals surface area contributed by atoms with E-state index in [1.807, 2.05) is 24.3 Å². The van der Waals surface area contributed by atoms with Gasteiger partial charge in [0.15, 0.2) is 0 Å². The number of hydrogen-bond donors (Lipinski definition) is 1. The molecule has 19 heavy (non-hydrogen) atoms. The summed E-state index contributed by atoms with van der Waals surface area (Å²) in [6, 6.07) is 14.2. The van der Waals surface area contributed by atoms with Gasteiger partial charge in [-0.3, -0.25) is 4.90 Å². The zero-order chi connectivity index (χ0) is 13.2. The van der Waals surface area contributed by atoms with Gasteiger partial charge in [0.25, 0.3) is 0 Å². The maximum atomic E-state index is 10.1. The van der Waals surface area contributed by atoms with Crippen LogP contribution in [0.25, 0.3) is 10.8 Å². The van der Waals surface area contributed by atoms with E-state index in [0.29, 0.717) is 6.54 Å².